The van der Waals surface area contributed by atoms with Crippen LogP contribution in [-0.2, 0) is 19.1 Å². The molecule has 0 aromatic rings. The van der Waals surface area contributed by atoms with Crippen LogP contribution in [0.25, 0.3) is 0 Å². The number of hydrogen-bond donors (Lipinski definition) is 0. The lowest BCUT2D eigenvalue weighted by atomic mass is 9.83. The van der Waals surface area contributed by atoms with Crippen molar-refractivity contribution in [3.8, 4) is 0 Å². The number of carbonyl (C=O) groups is 2. The van der Waals surface area contributed by atoms with Crippen LogP contribution in [-0.4, -0.2) is 32.1 Å². The van der Waals surface area contributed by atoms with Crippen LogP contribution in [0.3, 0.4) is 0 Å². The van der Waals surface area contributed by atoms with Crippen molar-refractivity contribution >= 4 is 11.8 Å². The molecular weight excluding hydrogens is 160 g/mol. The highest BCUT2D eigenvalue weighted by atomic mass is 16.5. The van der Waals surface area contributed by atoms with Gasteiger partial charge in [0.05, 0.1) is 20.3 Å². The number of esters is 1. The van der Waals surface area contributed by atoms with Crippen LogP contribution in [0.1, 0.15) is 13.3 Å². The number of ether oxygens (including phenoxy) is 2. The average molecular weight is 172 g/mol. The Morgan fingerprint density at radius 3 is 2.83 bits per heavy atom. The second-order valence-electron chi connectivity index (χ2n) is 3.05. The van der Waals surface area contributed by atoms with Crippen LogP contribution in [0.5, 0.6) is 0 Å². The van der Waals surface area contributed by atoms with Crippen molar-refractivity contribution in [3.05, 3.63) is 0 Å². The molecule has 12 heavy (non-hydrogen) atoms. The highest BCUT2D eigenvalue weighted by molar-refractivity contribution is 6.03. The predicted octanol–water partition coefficient (Wildman–Crippen LogP) is 0.155. The van der Waals surface area contributed by atoms with Gasteiger partial charge in [0.2, 0.25) is 0 Å². The van der Waals surface area contributed by atoms with Crippen molar-refractivity contribution in [1.82, 2.24) is 0 Å². The highest BCUT2D eigenvalue weighted by Gasteiger charge is 2.44. The molecule has 1 atom stereocenters. The molecule has 1 rings (SSSR count). The lowest BCUT2D eigenvalue weighted by Gasteiger charge is -2.28. The molecule has 0 amide bonds. The molecule has 1 saturated heterocycles. The second kappa shape index (κ2) is 3.23. The lowest BCUT2D eigenvalue weighted by molar-refractivity contribution is -0.165. The van der Waals surface area contributed by atoms with E-state index < -0.39 is 11.4 Å². The highest BCUT2D eigenvalue weighted by Crippen LogP contribution is 2.25. The molecule has 0 aromatic carbocycles. The number of rotatable bonds is 1. The van der Waals surface area contributed by atoms with Gasteiger partial charge in [-0.15, -0.1) is 0 Å². The Kier molecular flexibility index (Phi) is 2.47. The van der Waals surface area contributed by atoms with Crippen LogP contribution in [0.2, 0.25) is 0 Å². The summed E-state index contributed by atoms with van der Waals surface area (Å²) in [7, 11) is 1.27. The minimum atomic E-state index is -1.08. The molecule has 68 valence electrons. The van der Waals surface area contributed by atoms with Gasteiger partial charge in [-0.05, 0) is 6.92 Å². The molecule has 0 unspecified atom stereocenters. The van der Waals surface area contributed by atoms with E-state index in [1.165, 1.54) is 7.11 Å². The van der Waals surface area contributed by atoms with E-state index in [9.17, 15) is 9.59 Å². The summed E-state index contributed by atoms with van der Waals surface area (Å²) >= 11 is 0. The van der Waals surface area contributed by atoms with E-state index in [4.69, 9.17) is 4.74 Å². The third-order valence-corrected chi connectivity index (χ3v) is 2.12. The summed E-state index contributed by atoms with van der Waals surface area (Å²) in [4.78, 5) is 22.5. The molecule has 0 N–H and O–H groups in total. The maximum Gasteiger partial charge on any atom is 0.321 e. The fourth-order valence-corrected chi connectivity index (χ4v) is 1.20. The predicted molar refractivity (Wildman–Crippen MR) is 40.6 cm³/mol. The Labute approximate surface area is 70.8 Å². The Morgan fingerprint density at radius 2 is 2.33 bits per heavy atom. The molecule has 0 aliphatic carbocycles. The number of Topliss-reactive ketones (excluding diaryl/α,β-unsaturated/α-hetero) is 1. The Bertz CT molecular complexity index is 201. The summed E-state index contributed by atoms with van der Waals surface area (Å²) in [6.07, 6.45) is 0.297. The minimum absolute atomic E-state index is 0.0967. The van der Waals surface area contributed by atoms with Gasteiger partial charge >= 0.3 is 5.97 Å². The monoisotopic (exact) mass is 172 g/mol. The second-order valence-corrected chi connectivity index (χ2v) is 3.05. The first-order valence-corrected chi connectivity index (χ1v) is 3.81. The molecule has 0 radical (unpaired) electrons. The van der Waals surface area contributed by atoms with Gasteiger partial charge in [0, 0.05) is 6.42 Å². The molecule has 1 aliphatic rings. The van der Waals surface area contributed by atoms with Crippen LogP contribution >= 0.6 is 0 Å². The molecule has 1 heterocycles. The van der Waals surface area contributed by atoms with Crippen LogP contribution in [0.15, 0.2) is 0 Å². The lowest BCUT2D eigenvalue weighted by Crippen LogP contribution is -2.45. The first-order valence-electron chi connectivity index (χ1n) is 3.81. The fraction of sp³-hybridized carbons (Fsp3) is 0.750. The molecule has 1 fully saturated rings. The Hall–Kier alpha value is -0.900. The zero-order valence-electron chi connectivity index (χ0n) is 7.25. The third-order valence-electron chi connectivity index (χ3n) is 2.12. The largest absolute Gasteiger partial charge is 0.468 e. The minimum Gasteiger partial charge on any atom is -0.468 e. The van der Waals surface area contributed by atoms with Crippen molar-refractivity contribution in [2.45, 2.75) is 13.3 Å². The van der Waals surface area contributed by atoms with Gasteiger partial charge in [-0.1, -0.05) is 0 Å². The molecule has 0 spiro atoms. The maximum atomic E-state index is 11.3. The van der Waals surface area contributed by atoms with Crippen molar-refractivity contribution in [2.75, 3.05) is 20.3 Å². The van der Waals surface area contributed by atoms with Gasteiger partial charge in [0.25, 0.3) is 0 Å². The first kappa shape index (κ1) is 9.19. The van der Waals surface area contributed by atoms with Crippen molar-refractivity contribution in [3.63, 3.8) is 0 Å². The zero-order valence-corrected chi connectivity index (χ0v) is 7.25. The van der Waals surface area contributed by atoms with E-state index in [0.29, 0.717) is 13.0 Å². The molecule has 0 aromatic heterocycles. The smallest absolute Gasteiger partial charge is 0.321 e. The van der Waals surface area contributed by atoms with Crippen molar-refractivity contribution in [2.24, 2.45) is 5.41 Å². The maximum absolute atomic E-state index is 11.3. The summed E-state index contributed by atoms with van der Waals surface area (Å²) in [5.74, 6) is -0.604. The van der Waals surface area contributed by atoms with Gasteiger partial charge < -0.3 is 9.47 Å². The number of ketones is 1. The molecule has 0 bridgehead atoms. The molecular formula is C8H12O4. The zero-order chi connectivity index (χ0) is 9.19. The van der Waals surface area contributed by atoms with Crippen LogP contribution in [0.4, 0.5) is 0 Å². The number of methoxy groups -OCH3 is 1. The van der Waals surface area contributed by atoms with Crippen LogP contribution in [0, 0.1) is 5.41 Å². The van der Waals surface area contributed by atoms with Crippen LogP contribution < -0.4 is 0 Å². The van der Waals surface area contributed by atoms with Gasteiger partial charge in [-0.25, -0.2) is 0 Å². The standard InChI is InChI=1S/C8H12O4/c1-8(7(10)11-2)5-12-4-3-6(8)9/h3-5H2,1-2H3/t8-/m0/s1. The molecule has 0 saturated carbocycles. The Morgan fingerprint density at radius 1 is 1.67 bits per heavy atom. The molecule has 1 aliphatic heterocycles. The van der Waals surface area contributed by atoms with Gasteiger partial charge in [-0.2, -0.15) is 0 Å². The average Bonchev–Trinajstić information content (AvgIpc) is 2.09. The van der Waals surface area contributed by atoms with Gasteiger partial charge in [-0.3, -0.25) is 9.59 Å². The van der Waals surface area contributed by atoms with E-state index >= 15 is 0 Å². The van der Waals surface area contributed by atoms with Gasteiger partial charge in [0.15, 0.2) is 5.78 Å². The molecule has 4 heteroatoms. The summed E-state index contributed by atoms with van der Waals surface area (Å²) < 4.78 is 9.58. The summed E-state index contributed by atoms with van der Waals surface area (Å²) in [6, 6.07) is 0. The summed E-state index contributed by atoms with van der Waals surface area (Å²) in [5, 5.41) is 0. The fourth-order valence-electron chi connectivity index (χ4n) is 1.20. The van der Waals surface area contributed by atoms with E-state index in [1.807, 2.05) is 0 Å². The first-order chi connectivity index (χ1) is 5.61. The quantitative estimate of drug-likeness (QED) is 0.417. The van der Waals surface area contributed by atoms with Crippen molar-refractivity contribution in [1.29, 1.82) is 0 Å². The van der Waals surface area contributed by atoms with E-state index in [-0.39, 0.29) is 12.4 Å². The summed E-state index contributed by atoms with van der Waals surface area (Å²) in [5.41, 5.74) is -1.08. The normalized spacial score (nSPS) is 30.0. The molecule has 4 nitrogen and oxygen atoms in total. The SMILES string of the molecule is COC(=O)[C@@]1(C)COCCC1=O. The topological polar surface area (TPSA) is 52.6 Å². The van der Waals surface area contributed by atoms with Crippen molar-refractivity contribution < 1.29 is 19.1 Å². The Balaban J connectivity index is 2.79. The number of hydrogen-bond acceptors (Lipinski definition) is 4. The number of carbonyl (C=O) groups excluding carboxylic acids is 2. The van der Waals surface area contributed by atoms with E-state index in [1.54, 1.807) is 6.92 Å². The van der Waals surface area contributed by atoms with Gasteiger partial charge in [0.1, 0.15) is 5.41 Å². The summed E-state index contributed by atoms with van der Waals surface area (Å²) in [6.45, 7) is 2.10. The van der Waals surface area contributed by atoms with E-state index in [0.717, 1.165) is 0 Å². The third kappa shape index (κ3) is 1.34. The van der Waals surface area contributed by atoms with E-state index in [2.05, 4.69) is 4.74 Å².